The van der Waals surface area contributed by atoms with Crippen LogP contribution in [0.25, 0.3) is 0 Å². The summed E-state index contributed by atoms with van der Waals surface area (Å²) in [4.78, 5) is 24.7. The van der Waals surface area contributed by atoms with Crippen LogP contribution in [0, 0.1) is 23.7 Å². The van der Waals surface area contributed by atoms with Crippen molar-refractivity contribution in [2.75, 3.05) is 13.1 Å². The highest BCUT2D eigenvalue weighted by molar-refractivity contribution is 5.84. The molecule has 0 spiro atoms. The molecule has 1 aliphatic heterocycles. The number of likely N-dealkylation sites (tertiary alicyclic amines) is 1. The molecule has 1 rings (SSSR count). The summed E-state index contributed by atoms with van der Waals surface area (Å²) in [6, 6.07) is 0. The number of carboxylic acid groups (broad SMARTS) is 1. The van der Waals surface area contributed by atoms with Crippen molar-refractivity contribution in [3.8, 4) is 0 Å². The predicted octanol–water partition coefficient (Wildman–Crippen LogP) is 1.46. The van der Waals surface area contributed by atoms with E-state index in [0.717, 1.165) is 13.1 Å². The van der Waals surface area contributed by atoms with Gasteiger partial charge in [-0.1, -0.05) is 27.7 Å². The van der Waals surface area contributed by atoms with Gasteiger partial charge >= 0.3 is 5.97 Å². The summed E-state index contributed by atoms with van der Waals surface area (Å²) in [6.45, 7) is 9.07. The largest absolute Gasteiger partial charge is 0.481 e. The highest BCUT2D eigenvalue weighted by Crippen LogP contribution is 2.25. The maximum absolute atomic E-state index is 12.0. The van der Waals surface area contributed by atoms with Crippen molar-refractivity contribution in [2.45, 2.75) is 27.7 Å². The summed E-state index contributed by atoms with van der Waals surface area (Å²) in [5, 5.41) is 8.88. The van der Waals surface area contributed by atoms with Gasteiger partial charge in [0.1, 0.15) is 0 Å². The Morgan fingerprint density at radius 2 is 1.56 bits per heavy atom. The van der Waals surface area contributed by atoms with Gasteiger partial charge in [0.05, 0.1) is 5.92 Å². The quantitative estimate of drug-likeness (QED) is 0.794. The number of aliphatic carboxylic acids is 1. The van der Waals surface area contributed by atoms with Gasteiger partial charge in [-0.15, -0.1) is 0 Å². The van der Waals surface area contributed by atoms with E-state index in [2.05, 4.69) is 13.8 Å². The predicted molar refractivity (Wildman–Crippen MR) is 60.9 cm³/mol. The molecule has 1 aliphatic rings. The molecule has 0 bridgehead atoms. The minimum Gasteiger partial charge on any atom is -0.481 e. The molecule has 4 unspecified atom stereocenters. The van der Waals surface area contributed by atoms with E-state index < -0.39 is 17.8 Å². The van der Waals surface area contributed by atoms with Crippen molar-refractivity contribution in [3.05, 3.63) is 0 Å². The molecule has 4 heteroatoms. The molecule has 0 aromatic rings. The standard InChI is InChI=1S/C12H21NO3/c1-7-5-13(6-8(7)2)11(14)9(3)10(4)12(15)16/h7-10H,5-6H2,1-4H3,(H,15,16). The van der Waals surface area contributed by atoms with Crippen molar-refractivity contribution in [1.29, 1.82) is 0 Å². The molecule has 4 nitrogen and oxygen atoms in total. The Labute approximate surface area is 96.6 Å². The van der Waals surface area contributed by atoms with Crippen LogP contribution in [-0.4, -0.2) is 35.0 Å². The maximum Gasteiger partial charge on any atom is 0.307 e. The highest BCUT2D eigenvalue weighted by atomic mass is 16.4. The Balaban J connectivity index is 2.62. The van der Waals surface area contributed by atoms with E-state index in [4.69, 9.17) is 5.11 Å². The zero-order valence-corrected chi connectivity index (χ0v) is 10.4. The molecule has 1 amide bonds. The molecule has 0 aromatic heterocycles. The van der Waals surface area contributed by atoms with Gasteiger partial charge < -0.3 is 10.0 Å². The molecule has 0 radical (unpaired) electrons. The van der Waals surface area contributed by atoms with Crippen LogP contribution < -0.4 is 0 Å². The lowest BCUT2D eigenvalue weighted by Gasteiger charge is -2.23. The molecule has 0 aliphatic carbocycles. The summed E-state index contributed by atoms with van der Waals surface area (Å²) in [7, 11) is 0. The lowest BCUT2D eigenvalue weighted by molar-refractivity contribution is -0.148. The van der Waals surface area contributed by atoms with Crippen LogP contribution in [0.3, 0.4) is 0 Å². The first-order chi connectivity index (χ1) is 7.34. The van der Waals surface area contributed by atoms with Crippen LogP contribution in [0.1, 0.15) is 27.7 Å². The Morgan fingerprint density at radius 1 is 1.12 bits per heavy atom. The van der Waals surface area contributed by atoms with Crippen molar-refractivity contribution in [2.24, 2.45) is 23.7 Å². The van der Waals surface area contributed by atoms with Crippen molar-refractivity contribution in [3.63, 3.8) is 0 Å². The normalized spacial score (nSPS) is 28.9. The Bertz CT molecular complexity index is 280. The molecule has 16 heavy (non-hydrogen) atoms. The molecule has 1 heterocycles. The molecule has 0 aromatic carbocycles. The van der Waals surface area contributed by atoms with E-state index in [1.807, 2.05) is 0 Å². The third-order valence-corrected chi connectivity index (χ3v) is 3.83. The van der Waals surface area contributed by atoms with E-state index in [9.17, 15) is 9.59 Å². The van der Waals surface area contributed by atoms with Gasteiger partial charge in [0, 0.05) is 19.0 Å². The van der Waals surface area contributed by atoms with Gasteiger partial charge in [0.2, 0.25) is 5.91 Å². The molecule has 92 valence electrons. The van der Waals surface area contributed by atoms with Crippen LogP contribution in [-0.2, 0) is 9.59 Å². The summed E-state index contributed by atoms with van der Waals surface area (Å²) >= 11 is 0. The number of amides is 1. The van der Waals surface area contributed by atoms with E-state index in [1.54, 1.807) is 18.7 Å². The number of carbonyl (C=O) groups is 2. The monoisotopic (exact) mass is 227 g/mol. The van der Waals surface area contributed by atoms with Crippen LogP contribution in [0.15, 0.2) is 0 Å². The Kier molecular flexibility index (Phi) is 3.94. The summed E-state index contributed by atoms with van der Waals surface area (Å²) in [5.41, 5.74) is 0. The third-order valence-electron chi connectivity index (χ3n) is 3.83. The minimum absolute atomic E-state index is 0.0221. The number of hydrogen-bond acceptors (Lipinski definition) is 2. The smallest absolute Gasteiger partial charge is 0.307 e. The van der Waals surface area contributed by atoms with Crippen molar-refractivity contribution < 1.29 is 14.7 Å². The first-order valence-corrected chi connectivity index (χ1v) is 5.86. The van der Waals surface area contributed by atoms with E-state index in [-0.39, 0.29) is 5.91 Å². The molecule has 1 saturated heterocycles. The van der Waals surface area contributed by atoms with Crippen LogP contribution in [0.2, 0.25) is 0 Å². The van der Waals surface area contributed by atoms with Gasteiger partial charge in [0.25, 0.3) is 0 Å². The molecule has 1 N–H and O–H groups in total. The fourth-order valence-corrected chi connectivity index (χ4v) is 2.03. The fraction of sp³-hybridized carbons (Fsp3) is 0.833. The molecule has 4 atom stereocenters. The SMILES string of the molecule is CC1CN(C(=O)C(C)C(C)C(=O)O)CC1C. The Morgan fingerprint density at radius 3 is 1.94 bits per heavy atom. The summed E-state index contributed by atoms with van der Waals surface area (Å²) in [5.74, 6) is -0.950. The lowest BCUT2D eigenvalue weighted by atomic mass is 9.95. The van der Waals surface area contributed by atoms with Crippen LogP contribution >= 0.6 is 0 Å². The number of carbonyl (C=O) groups excluding carboxylic acids is 1. The second-order valence-electron chi connectivity index (χ2n) is 5.11. The van der Waals surface area contributed by atoms with Crippen molar-refractivity contribution in [1.82, 2.24) is 4.90 Å². The number of nitrogens with zero attached hydrogens (tertiary/aromatic N) is 1. The van der Waals surface area contributed by atoms with Crippen molar-refractivity contribution >= 4 is 11.9 Å². The molecule has 1 fully saturated rings. The van der Waals surface area contributed by atoms with Gasteiger partial charge in [-0.2, -0.15) is 0 Å². The lowest BCUT2D eigenvalue weighted by Crippen LogP contribution is -2.38. The zero-order chi connectivity index (χ0) is 12.5. The topological polar surface area (TPSA) is 57.6 Å². The second-order valence-corrected chi connectivity index (χ2v) is 5.11. The Hall–Kier alpha value is -1.06. The summed E-state index contributed by atoms with van der Waals surface area (Å²) < 4.78 is 0. The number of carboxylic acids is 1. The average molecular weight is 227 g/mol. The average Bonchev–Trinajstić information content (AvgIpc) is 2.55. The highest BCUT2D eigenvalue weighted by Gasteiger charge is 2.34. The van der Waals surface area contributed by atoms with Gasteiger partial charge in [0.15, 0.2) is 0 Å². The first-order valence-electron chi connectivity index (χ1n) is 5.86. The fourth-order valence-electron chi connectivity index (χ4n) is 2.03. The molecular formula is C12H21NO3. The third kappa shape index (κ3) is 2.54. The number of rotatable bonds is 3. The second kappa shape index (κ2) is 4.85. The van der Waals surface area contributed by atoms with E-state index >= 15 is 0 Å². The van der Waals surface area contributed by atoms with Gasteiger partial charge in [-0.05, 0) is 11.8 Å². The van der Waals surface area contributed by atoms with Gasteiger partial charge in [-0.25, -0.2) is 0 Å². The van der Waals surface area contributed by atoms with Crippen LogP contribution in [0.5, 0.6) is 0 Å². The van der Waals surface area contributed by atoms with E-state index in [0.29, 0.717) is 11.8 Å². The number of hydrogen-bond donors (Lipinski definition) is 1. The first kappa shape index (κ1) is 13.0. The molecular weight excluding hydrogens is 206 g/mol. The van der Waals surface area contributed by atoms with Crippen LogP contribution in [0.4, 0.5) is 0 Å². The van der Waals surface area contributed by atoms with E-state index in [1.165, 1.54) is 0 Å². The maximum atomic E-state index is 12.0. The summed E-state index contributed by atoms with van der Waals surface area (Å²) in [6.07, 6.45) is 0. The zero-order valence-electron chi connectivity index (χ0n) is 10.4. The minimum atomic E-state index is -0.902. The van der Waals surface area contributed by atoms with Gasteiger partial charge in [-0.3, -0.25) is 9.59 Å². The molecule has 0 saturated carbocycles.